The van der Waals surface area contributed by atoms with E-state index in [-0.39, 0.29) is 49.4 Å². The molecule has 1 saturated heterocycles. The summed E-state index contributed by atoms with van der Waals surface area (Å²) in [6.07, 6.45) is 6.66. The number of hydrogen-bond acceptors (Lipinski definition) is 12. The Labute approximate surface area is 354 Å². The largest absolute Gasteiger partial charge is 0.501 e. The maximum atomic E-state index is 9.83. The van der Waals surface area contributed by atoms with Gasteiger partial charge in [0.25, 0.3) is 0 Å². The molecule has 1 aromatic carbocycles. The Hall–Kier alpha value is -0.479. The molecule has 3 N–H and O–H groups in total. The van der Waals surface area contributed by atoms with Crippen molar-refractivity contribution >= 4 is 38.8 Å². The zero-order valence-corrected chi connectivity index (χ0v) is 40.1. The van der Waals surface area contributed by atoms with E-state index in [1.165, 1.54) is 5.56 Å². The molecule has 1 fully saturated rings. The van der Waals surface area contributed by atoms with Gasteiger partial charge in [0.05, 0.1) is 0 Å². The van der Waals surface area contributed by atoms with Crippen molar-refractivity contribution in [3.8, 4) is 0 Å². The fraction of sp³-hybridized carbons (Fsp3) is 0.810. The second-order valence-electron chi connectivity index (χ2n) is 16.8. The minimum absolute atomic E-state index is 0.0162. The standard InChI is InChI=1S/C42H80O11SSi3/c1-8-9-13-23-56(51-30-38(4)27-44,46-20-17-36(2)26-43)50-29-37(3)18-21-47-57(24-14-22-54,52-31-39(5)28-45)53-33-40(6)32-48-55(35-41(7)34-49-55)25-19-42-15-11-10-12-16-42/h8,10-12,15-16,36-41,43-45,54H,1,9,13-14,17-35H2,2-7H3. The van der Waals surface area contributed by atoms with Crippen LogP contribution >= 0.6 is 12.6 Å². The molecule has 1 aliphatic rings. The van der Waals surface area contributed by atoms with Crippen molar-refractivity contribution in [2.24, 2.45) is 35.5 Å². The Bertz CT molecular complexity index is 1170. The minimum atomic E-state index is -3.19. The Balaban J connectivity index is 2.11. The van der Waals surface area contributed by atoms with Crippen molar-refractivity contribution in [2.75, 3.05) is 78.4 Å². The van der Waals surface area contributed by atoms with E-state index >= 15 is 0 Å². The number of allylic oxidation sites excluding steroid dienone is 1. The highest BCUT2D eigenvalue weighted by molar-refractivity contribution is 7.80. The molecule has 9 atom stereocenters. The van der Waals surface area contributed by atoms with Crippen LogP contribution < -0.4 is 0 Å². The molecule has 15 heteroatoms. The third-order valence-electron chi connectivity index (χ3n) is 10.2. The van der Waals surface area contributed by atoms with Gasteiger partial charge in [0.15, 0.2) is 0 Å². The van der Waals surface area contributed by atoms with Gasteiger partial charge in [-0.05, 0) is 79.7 Å². The van der Waals surface area contributed by atoms with E-state index in [1.807, 2.05) is 32.9 Å². The number of hydrogen-bond donors (Lipinski definition) is 4. The number of aliphatic hydroxyl groups is 3. The lowest BCUT2D eigenvalue weighted by molar-refractivity contribution is 0.0162. The molecule has 0 bridgehead atoms. The second-order valence-corrected chi connectivity index (χ2v) is 26.0. The molecule has 2 rings (SSSR count). The number of aryl methyl sites for hydroxylation is 1. The molecule has 0 spiro atoms. The van der Waals surface area contributed by atoms with E-state index in [1.54, 1.807) is 0 Å². The van der Waals surface area contributed by atoms with Crippen LogP contribution in [-0.2, 0) is 41.8 Å². The molecule has 1 heterocycles. The third kappa shape index (κ3) is 21.7. The van der Waals surface area contributed by atoms with Crippen LogP contribution in [0, 0.1) is 35.5 Å². The molecule has 11 nitrogen and oxygen atoms in total. The van der Waals surface area contributed by atoms with E-state index in [2.05, 4.69) is 64.2 Å². The van der Waals surface area contributed by atoms with Crippen molar-refractivity contribution in [1.29, 1.82) is 0 Å². The topological polar surface area (TPSA) is 135 Å². The zero-order chi connectivity index (χ0) is 42.0. The van der Waals surface area contributed by atoms with E-state index < -0.39 is 26.2 Å². The summed E-state index contributed by atoms with van der Waals surface area (Å²) in [5, 5.41) is 29.1. The molecule has 0 amide bonds. The number of unbranched alkanes of at least 4 members (excludes halogenated alkanes) is 1. The van der Waals surface area contributed by atoms with Crippen LogP contribution in [0.2, 0.25) is 24.2 Å². The highest BCUT2D eigenvalue weighted by Gasteiger charge is 2.46. The number of benzene rings is 1. The van der Waals surface area contributed by atoms with Gasteiger partial charge in [0.2, 0.25) is 0 Å². The van der Waals surface area contributed by atoms with Crippen LogP contribution in [0.25, 0.3) is 0 Å². The molecule has 1 aliphatic heterocycles. The second kappa shape index (κ2) is 29.7. The van der Waals surface area contributed by atoms with Crippen molar-refractivity contribution in [3.05, 3.63) is 48.6 Å². The Morgan fingerprint density at radius 3 is 1.79 bits per heavy atom. The molecule has 0 aromatic heterocycles. The van der Waals surface area contributed by atoms with Crippen molar-refractivity contribution in [1.82, 2.24) is 0 Å². The summed E-state index contributed by atoms with van der Waals surface area (Å²) in [5.74, 6) is 1.38. The van der Waals surface area contributed by atoms with Crippen LogP contribution in [-0.4, -0.2) is 120 Å². The molecular formula is C42H80O11SSi3. The van der Waals surface area contributed by atoms with Crippen molar-refractivity contribution in [2.45, 2.75) is 104 Å². The van der Waals surface area contributed by atoms with E-state index in [0.29, 0.717) is 82.8 Å². The predicted molar refractivity (Wildman–Crippen MR) is 238 cm³/mol. The SMILES string of the molecule is C=CCCC[Si](OCCC(C)CO)(OCC(C)CO)OCC(C)CCO[Si](CCCS)(OCC(C)CO)OCC(C)CO[Si]1(CCc2ccccc2)CC(C)CO1. The summed E-state index contributed by atoms with van der Waals surface area (Å²) in [6.45, 7) is 20.1. The Morgan fingerprint density at radius 1 is 0.754 bits per heavy atom. The van der Waals surface area contributed by atoms with Gasteiger partial charge in [-0.3, -0.25) is 0 Å². The van der Waals surface area contributed by atoms with Crippen LogP contribution in [0.15, 0.2) is 43.0 Å². The lowest BCUT2D eigenvalue weighted by Gasteiger charge is -2.33. The van der Waals surface area contributed by atoms with Gasteiger partial charge >= 0.3 is 26.2 Å². The quantitative estimate of drug-likeness (QED) is 0.0231. The highest BCUT2D eigenvalue weighted by atomic mass is 32.1. The average Bonchev–Trinajstić information content (AvgIpc) is 3.61. The normalized spacial score (nSPS) is 22.0. The summed E-state index contributed by atoms with van der Waals surface area (Å²) in [4.78, 5) is 0. The number of aliphatic hydroxyl groups excluding tert-OH is 3. The molecule has 57 heavy (non-hydrogen) atoms. The molecule has 332 valence electrons. The third-order valence-corrected chi connectivity index (χ3v) is 19.9. The van der Waals surface area contributed by atoms with Crippen molar-refractivity contribution < 1.29 is 50.7 Å². The number of rotatable bonds is 36. The molecule has 0 saturated carbocycles. The van der Waals surface area contributed by atoms with Gasteiger partial charge in [-0.15, -0.1) is 6.58 Å². The fourth-order valence-corrected chi connectivity index (χ4v) is 16.2. The predicted octanol–water partition coefficient (Wildman–Crippen LogP) is 7.56. The summed E-state index contributed by atoms with van der Waals surface area (Å²) in [6, 6.07) is 13.8. The number of thiol groups is 1. The van der Waals surface area contributed by atoms with Gasteiger partial charge in [-0.2, -0.15) is 12.6 Å². The first-order valence-electron chi connectivity index (χ1n) is 21.6. The molecule has 9 unspecified atom stereocenters. The van der Waals surface area contributed by atoms with Crippen LogP contribution in [0.5, 0.6) is 0 Å². The minimum Gasteiger partial charge on any atom is -0.396 e. The van der Waals surface area contributed by atoms with E-state index in [0.717, 1.165) is 44.4 Å². The molecular weight excluding hydrogens is 797 g/mol. The summed E-state index contributed by atoms with van der Waals surface area (Å²) in [5.41, 5.74) is 1.31. The maximum Gasteiger partial charge on any atom is 0.501 e. The summed E-state index contributed by atoms with van der Waals surface area (Å²) in [7, 11) is -8.67. The van der Waals surface area contributed by atoms with Crippen LogP contribution in [0.1, 0.15) is 79.2 Å². The lowest BCUT2D eigenvalue weighted by atomic mass is 10.1. The van der Waals surface area contributed by atoms with Gasteiger partial charge in [0.1, 0.15) is 0 Å². The highest BCUT2D eigenvalue weighted by Crippen LogP contribution is 2.33. The van der Waals surface area contributed by atoms with Crippen LogP contribution in [0.3, 0.4) is 0 Å². The van der Waals surface area contributed by atoms with Crippen molar-refractivity contribution in [3.63, 3.8) is 0 Å². The first-order valence-corrected chi connectivity index (χ1v) is 28.3. The van der Waals surface area contributed by atoms with E-state index in [4.69, 9.17) is 35.4 Å². The monoisotopic (exact) mass is 876 g/mol. The van der Waals surface area contributed by atoms with Gasteiger partial charge in [-0.1, -0.05) is 78.0 Å². The average molecular weight is 877 g/mol. The molecule has 1 aromatic rings. The maximum absolute atomic E-state index is 9.83. The van der Waals surface area contributed by atoms with Gasteiger partial charge in [-0.25, -0.2) is 0 Å². The van der Waals surface area contributed by atoms with Gasteiger partial charge in [0, 0.05) is 103 Å². The van der Waals surface area contributed by atoms with E-state index in [9.17, 15) is 15.3 Å². The Kier molecular flexibility index (Phi) is 27.5. The first kappa shape index (κ1) is 52.7. The van der Waals surface area contributed by atoms with Gasteiger partial charge < -0.3 is 50.7 Å². The molecule has 0 aliphatic carbocycles. The Morgan fingerprint density at radius 2 is 1.28 bits per heavy atom. The lowest BCUT2D eigenvalue weighted by Crippen LogP contribution is -2.49. The fourth-order valence-electron chi connectivity index (χ4n) is 6.24. The van der Waals surface area contributed by atoms with Crippen LogP contribution in [0.4, 0.5) is 0 Å². The smallest absolute Gasteiger partial charge is 0.396 e. The zero-order valence-electron chi connectivity index (χ0n) is 36.2. The summed E-state index contributed by atoms with van der Waals surface area (Å²) < 4.78 is 52.8. The molecule has 0 radical (unpaired) electrons. The summed E-state index contributed by atoms with van der Waals surface area (Å²) >= 11 is 4.52. The first-order chi connectivity index (χ1) is 27.4.